The molecule has 0 atom stereocenters. The maximum absolute atomic E-state index is 6.00. The highest BCUT2D eigenvalue weighted by atomic mass is 35.5. The Kier molecular flexibility index (Phi) is 3.03. The maximum Gasteiger partial charge on any atom is 0.197 e. The van der Waals surface area contributed by atoms with Crippen molar-refractivity contribution in [3.63, 3.8) is 0 Å². The van der Waals surface area contributed by atoms with Gasteiger partial charge in [0.1, 0.15) is 0 Å². The lowest BCUT2D eigenvalue weighted by Gasteiger charge is -2.04. The summed E-state index contributed by atoms with van der Waals surface area (Å²) in [6.45, 7) is 0. The van der Waals surface area contributed by atoms with Gasteiger partial charge < -0.3 is 0 Å². The van der Waals surface area contributed by atoms with E-state index in [1.54, 1.807) is 28.2 Å². The second-order valence-corrected chi connectivity index (χ2v) is 5.25. The molecule has 0 fully saturated rings. The summed E-state index contributed by atoms with van der Waals surface area (Å²) in [5.41, 5.74) is 0.776. The number of rotatable bonds is 2. The zero-order chi connectivity index (χ0) is 12.5. The first-order chi connectivity index (χ1) is 8.75. The molecule has 1 aromatic carbocycles. The average molecular weight is 297 g/mol. The molecule has 0 saturated heterocycles. The molecular formula is C11H6Cl2N4S. The molecule has 0 aliphatic rings. The highest BCUT2D eigenvalue weighted by Crippen LogP contribution is 2.27. The summed E-state index contributed by atoms with van der Waals surface area (Å²) < 4.78 is 1.63. The van der Waals surface area contributed by atoms with Crippen LogP contribution in [0.1, 0.15) is 0 Å². The second kappa shape index (κ2) is 4.68. The van der Waals surface area contributed by atoms with Gasteiger partial charge in [-0.3, -0.25) is 0 Å². The fraction of sp³-hybridized carbons (Fsp3) is 0. The van der Waals surface area contributed by atoms with Gasteiger partial charge in [0.15, 0.2) is 5.82 Å². The molecule has 0 aliphatic heterocycles. The second-order valence-electron chi connectivity index (χ2n) is 3.49. The van der Waals surface area contributed by atoms with Crippen LogP contribution in [-0.2, 0) is 0 Å². The van der Waals surface area contributed by atoms with Crippen molar-refractivity contribution in [3.05, 3.63) is 45.8 Å². The van der Waals surface area contributed by atoms with Crippen LogP contribution in [-0.4, -0.2) is 20.2 Å². The lowest BCUT2D eigenvalue weighted by Crippen LogP contribution is -1.98. The van der Waals surface area contributed by atoms with Crippen LogP contribution in [0, 0.1) is 0 Å². The van der Waals surface area contributed by atoms with Crippen molar-refractivity contribution in [2.75, 3.05) is 0 Å². The monoisotopic (exact) mass is 296 g/mol. The van der Waals surface area contributed by atoms with Crippen molar-refractivity contribution >= 4 is 34.5 Å². The van der Waals surface area contributed by atoms with Gasteiger partial charge in [-0.15, -0.1) is 16.4 Å². The third-order valence-electron chi connectivity index (χ3n) is 2.36. The van der Waals surface area contributed by atoms with Crippen LogP contribution in [0.5, 0.6) is 0 Å². The van der Waals surface area contributed by atoms with E-state index in [1.165, 1.54) is 0 Å². The Hall–Kier alpha value is -1.43. The Morgan fingerprint density at radius 3 is 2.72 bits per heavy atom. The molecule has 0 amide bonds. The van der Waals surface area contributed by atoms with Crippen molar-refractivity contribution in [2.24, 2.45) is 0 Å². The lowest BCUT2D eigenvalue weighted by molar-refractivity contribution is 0.791. The van der Waals surface area contributed by atoms with Gasteiger partial charge in [0.2, 0.25) is 0 Å². The number of aromatic nitrogens is 4. The Morgan fingerprint density at radius 2 is 2.00 bits per heavy atom. The van der Waals surface area contributed by atoms with Crippen LogP contribution in [0.4, 0.5) is 0 Å². The molecule has 0 N–H and O–H groups in total. The Morgan fingerprint density at radius 1 is 1.11 bits per heavy atom. The molecule has 90 valence electrons. The van der Waals surface area contributed by atoms with Gasteiger partial charge in [0.05, 0.1) is 20.6 Å². The van der Waals surface area contributed by atoms with E-state index in [0.29, 0.717) is 15.9 Å². The highest BCUT2D eigenvalue weighted by molar-refractivity contribution is 7.13. The van der Waals surface area contributed by atoms with Gasteiger partial charge in [-0.2, -0.15) is 4.68 Å². The van der Waals surface area contributed by atoms with Crippen molar-refractivity contribution in [1.29, 1.82) is 0 Å². The molecule has 0 radical (unpaired) electrons. The molecule has 18 heavy (non-hydrogen) atoms. The molecule has 0 unspecified atom stereocenters. The normalized spacial score (nSPS) is 10.8. The molecular weight excluding hydrogens is 291 g/mol. The fourth-order valence-corrected chi connectivity index (χ4v) is 2.52. The predicted molar refractivity (Wildman–Crippen MR) is 72.5 cm³/mol. The van der Waals surface area contributed by atoms with Crippen LogP contribution in [0.3, 0.4) is 0 Å². The molecule has 4 nitrogen and oxygen atoms in total. The van der Waals surface area contributed by atoms with Gasteiger partial charge in [-0.1, -0.05) is 29.3 Å². The van der Waals surface area contributed by atoms with Gasteiger partial charge in [0, 0.05) is 0 Å². The van der Waals surface area contributed by atoms with Crippen LogP contribution in [0.15, 0.2) is 35.7 Å². The van der Waals surface area contributed by atoms with E-state index >= 15 is 0 Å². The van der Waals surface area contributed by atoms with Crippen molar-refractivity contribution in [3.8, 4) is 16.4 Å². The van der Waals surface area contributed by atoms with E-state index in [2.05, 4.69) is 15.5 Å². The molecule has 2 aromatic heterocycles. The Bertz CT molecular complexity index is 678. The molecule has 2 heterocycles. The summed E-state index contributed by atoms with van der Waals surface area (Å²) in [7, 11) is 0. The van der Waals surface area contributed by atoms with Crippen molar-refractivity contribution in [1.82, 2.24) is 20.2 Å². The molecule has 3 aromatic rings. The van der Waals surface area contributed by atoms with Gasteiger partial charge in [-0.25, -0.2) is 0 Å². The third-order valence-corrected chi connectivity index (χ3v) is 3.96. The zero-order valence-corrected chi connectivity index (χ0v) is 11.2. The predicted octanol–water partition coefficient (Wildman–Crippen LogP) is 3.70. The number of hydrogen-bond donors (Lipinski definition) is 0. The first-order valence-corrected chi connectivity index (χ1v) is 6.67. The first kappa shape index (κ1) is 11.6. The number of thiophene rings is 1. The van der Waals surface area contributed by atoms with E-state index < -0.39 is 0 Å². The van der Waals surface area contributed by atoms with E-state index in [-0.39, 0.29) is 0 Å². The number of nitrogens with zero attached hydrogens (tertiary/aromatic N) is 4. The SMILES string of the molecule is Clc1ccc(-n2nnnc2-c2cccs2)cc1Cl. The maximum atomic E-state index is 6.00. The quantitative estimate of drug-likeness (QED) is 0.724. The standard InChI is InChI=1S/C11H6Cl2N4S/c12-8-4-3-7(6-9(8)13)17-11(14-15-16-17)10-2-1-5-18-10/h1-6H. The van der Waals surface area contributed by atoms with E-state index in [9.17, 15) is 0 Å². The summed E-state index contributed by atoms with van der Waals surface area (Å²) in [6.07, 6.45) is 0. The molecule has 0 saturated carbocycles. The number of halogens is 2. The smallest absolute Gasteiger partial charge is 0.192 e. The number of hydrogen-bond acceptors (Lipinski definition) is 4. The van der Waals surface area contributed by atoms with Gasteiger partial charge >= 0.3 is 0 Å². The lowest BCUT2D eigenvalue weighted by atomic mass is 10.3. The zero-order valence-electron chi connectivity index (χ0n) is 8.92. The average Bonchev–Trinajstić information content (AvgIpc) is 3.00. The summed E-state index contributed by atoms with van der Waals surface area (Å²) in [6, 6.07) is 9.19. The highest BCUT2D eigenvalue weighted by Gasteiger charge is 2.12. The topological polar surface area (TPSA) is 43.6 Å². The summed E-state index contributed by atoms with van der Waals surface area (Å²) in [5.74, 6) is 0.684. The minimum absolute atomic E-state index is 0.474. The summed E-state index contributed by atoms with van der Waals surface area (Å²) in [5, 5.41) is 14.7. The van der Waals surface area contributed by atoms with Gasteiger partial charge in [0.25, 0.3) is 0 Å². The van der Waals surface area contributed by atoms with Crippen LogP contribution < -0.4 is 0 Å². The van der Waals surface area contributed by atoms with Crippen LogP contribution >= 0.6 is 34.5 Å². The first-order valence-electron chi connectivity index (χ1n) is 5.03. The molecule has 0 aliphatic carbocycles. The summed E-state index contributed by atoms with van der Waals surface area (Å²) in [4.78, 5) is 0.992. The summed E-state index contributed by atoms with van der Waals surface area (Å²) >= 11 is 13.5. The minimum Gasteiger partial charge on any atom is -0.192 e. The van der Waals surface area contributed by atoms with E-state index in [4.69, 9.17) is 23.2 Å². The van der Waals surface area contributed by atoms with E-state index in [1.807, 2.05) is 23.6 Å². The van der Waals surface area contributed by atoms with Crippen molar-refractivity contribution < 1.29 is 0 Å². The van der Waals surface area contributed by atoms with Crippen molar-refractivity contribution in [2.45, 2.75) is 0 Å². The molecule has 7 heteroatoms. The molecule has 0 spiro atoms. The molecule has 3 rings (SSSR count). The number of benzene rings is 1. The fourth-order valence-electron chi connectivity index (χ4n) is 1.54. The van der Waals surface area contributed by atoms with E-state index in [0.717, 1.165) is 10.6 Å². The third kappa shape index (κ3) is 2.01. The molecule has 0 bridgehead atoms. The Balaban J connectivity index is 2.13. The number of tetrazole rings is 1. The van der Waals surface area contributed by atoms with Crippen LogP contribution in [0.2, 0.25) is 10.0 Å². The van der Waals surface area contributed by atoms with Gasteiger partial charge in [-0.05, 0) is 40.1 Å². The van der Waals surface area contributed by atoms with Crippen LogP contribution in [0.25, 0.3) is 16.4 Å². The largest absolute Gasteiger partial charge is 0.197 e. The Labute approximate surface area is 117 Å². The minimum atomic E-state index is 0.474.